The summed E-state index contributed by atoms with van der Waals surface area (Å²) in [7, 11) is 1.42. The maximum atomic E-state index is 11.2. The summed E-state index contributed by atoms with van der Waals surface area (Å²) in [5.74, 6) is -0.356. The van der Waals surface area contributed by atoms with Crippen molar-refractivity contribution in [2.75, 3.05) is 13.0 Å². The van der Waals surface area contributed by atoms with Crippen LogP contribution in [-0.2, 0) is 0 Å². The number of hydrogen-bond donors (Lipinski definition) is 1. The average Bonchev–Trinajstić information content (AvgIpc) is 2.17. The quantitative estimate of drug-likeness (QED) is 0.598. The van der Waals surface area contributed by atoms with Gasteiger partial charge in [0.25, 0.3) is 0 Å². The first kappa shape index (κ1) is 9.86. The van der Waals surface area contributed by atoms with Crippen molar-refractivity contribution in [3.63, 3.8) is 0 Å². The molecule has 0 bridgehead atoms. The lowest BCUT2D eigenvalue weighted by Crippen LogP contribution is -2.01. The Morgan fingerprint density at radius 1 is 1.62 bits per heavy atom. The zero-order chi connectivity index (χ0) is 9.84. The molecule has 1 aromatic carbocycles. The molecule has 13 heavy (non-hydrogen) atoms. The van der Waals surface area contributed by atoms with Crippen LogP contribution < -0.4 is 4.74 Å². The van der Waals surface area contributed by atoms with E-state index in [1.807, 2.05) is 0 Å². The second kappa shape index (κ2) is 4.14. The Bertz CT molecular complexity index is 323. The Kier molecular flexibility index (Phi) is 3.14. The van der Waals surface area contributed by atoms with E-state index in [9.17, 15) is 9.90 Å². The van der Waals surface area contributed by atoms with Crippen LogP contribution in [0.5, 0.6) is 11.5 Å². The predicted octanol–water partition coefficient (Wildman–Crippen LogP) is 1.82. The average molecular weight is 201 g/mol. The van der Waals surface area contributed by atoms with Crippen molar-refractivity contribution in [2.24, 2.45) is 0 Å². The fourth-order valence-corrected chi connectivity index (χ4v) is 1.13. The van der Waals surface area contributed by atoms with Crippen molar-refractivity contribution in [1.29, 1.82) is 0 Å². The minimum Gasteiger partial charge on any atom is -0.504 e. The number of aromatic hydroxyl groups is 1. The standard InChI is InChI=1S/C9H9ClO3/c1-13-8-4-2-3-6(9(8)12)7(11)5-10/h2-4,12H,5H2,1H3. The largest absolute Gasteiger partial charge is 0.504 e. The number of benzene rings is 1. The monoisotopic (exact) mass is 200 g/mol. The fraction of sp³-hybridized carbons (Fsp3) is 0.222. The number of Topliss-reactive ketones (excluding diaryl/α,β-unsaturated/α-hetero) is 1. The second-order valence-corrected chi connectivity index (χ2v) is 2.68. The molecule has 0 aliphatic carbocycles. The molecule has 1 aromatic rings. The molecule has 0 fully saturated rings. The Morgan fingerprint density at radius 3 is 2.85 bits per heavy atom. The number of hydrogen-bond acceptors (Lipinski definition) is 3. The smallest absolute Gasteiger partial charge is 0.181 e. The van der Waals surface area contributed by atoms with E-state index in [4.69, 9.17) is 16.3 Å². The van der Waals surface area contributed by atoms with Gasteiger partial charge in [-0.05, 0) is 12.1 Å². The minimum absolute atomic E-state index is 0.152. The van der Waals surface area contributed by atoms with Crippen molar-refractivity contribution in [3.05, 3.63) is 23.8 Å². The van der Waals surface area contributed by atoms with Crippen molar-refractivity contribution in [2.45, 2.75) is 0 Å². The predicted molar refractivity (Wildman–Crippen MR) is 49.7 cm³/mol. The lowest BCUT2D eigenvalue weighted by molar-refractivity contribution is 0.101. The van der Waals surface area contributed by atoms with Crippen LogP contribution in [0.1, 0.15) is 10.4 Å². The van der Waals surface area contributed by atoms with E-state index in [-0.39, 0.29) is 28.7 Å². The second-order valence-electron chi connectivity index (χ2n) is 2.41. The molecule has 4 heteroatoms. The van der Waals surface area contributed by atoms with E-state index in [0.29, 0.717) is 0 Å². The van der Waals surface area contributed by atoms with E-state index in [0.717, 1.165) is 0 Å². The van der Waals surface area contributed by atoms with Crippen LogP contribution in [0.2, 0.25) is 0 Å². The van der Waals surface area contributed by atoms with Crippen molar-refractivity contribution in [3.8, 4) is 11.5 Å². The zero-order valence-corrected chi connectivity index (χ0v) is 7.84. The third-order valence-electron chi connectivity index (χ3n) is 1.64. The lowest BCUT2D eigenvalue weighted by atomic mass is 10.1. The highest BCUT2D eigenvalue weighted by molar-refractivity contribution is 6.30. The van der Waals surface area contributed by atoms with Gasteiger partial charge in [0.05, 0.1) is 18.6 Å². The summed E-state index contributed by atoms with van der Waals surface area (Å²) in [5.41, 5.74) is 0.189. The minimum atomic E-state index is -0.321. The van der Waals surface area contributed by atoms with Gasteiger partial charge in [0, 0.05) is 0 Å². The fourth-order valence-electron chi connectivity index (χ4n) is 0.984. The van der Waals surface area contributed by atoms with E-state index in [1.165, 1.54) is 13.2 Å². The van der Waals surface area contributed by atoms with Crippen molar-refractivity contribution < 1.29 is 14.6 Å². The van der Waals surface area contributed by atoms with Gasteiger partial charge < -0.3 is 9.84 Å². The molecule has 0 unspecified atom stereocenters. The van der Waals surface area contributed by atoms with E-state index in [2.05, 4.69) is 0 Å². The molecule has 0 amide bonds. The number of halogens is 1. The van der Waals surface area contributed by atoms with Gasteiger partial charge in [0.1, 0.15) is 0 Å². The first-order valence-electron chi connectivity index (χ1n) is 3.65. The van der Waals surface area contributed by atoms with Gasteiger partial charge in [-0.3, -0.25) is 4.79 Å². The van der Waals surface area contributed by atoms with Crippen LogP contribution in [0.25, 0.3) is 0 Å². The zero-order valence-electron chi connectivity index (χ0n) is 7.08. The maximum absolute atomic E-state index is 11.2. The van der Waals surface area contributed by atoms with Gasteiger partial charge >= 0.3 is 0 Å². The maximum Gasteiger partial charge on any atom is 0.181 e. The van der Waals surface area contributed by atoms with Crippen LogP contribution in [0, 0.1) is 0 Å². The molecule has 0 aliphatic rings. The third-order valence-corrected chi connectivity index (χ3v) is 1.88. The number of ether oxygens (including phenoxy) is 1. The molecule has 0 saturated heterocycles. The number of para-hydroxylation sites is 1. The Balaban J connectivity index is 3.15. The molecule has 70 valence electrons. The Morgan fingerprint density at radius 2 is 2.31 bits per heavy atom. The topological polar surface area (TPSA) is 46.5 Å². The van der Waals surface area contributed by atoms with E-state index in [1.54, 1.807) is 12.1 Å². The van der Waals surface area contributed by atoms with Gasteiger partial charge in [0.2, 0.25) is 0 Å². The summed E-state index contributed by atoms with van der Waals surface area (Å²) in [5, 5.41) is 9.49. The van der Waals surface area contributed by atoms with Gasteiger partial charge in [0.15, 0.2) is 17.3 Å². The number of carbonyl (C=O) groups excluding carboxylic acids is 1. The Hall–Kier alpha value is -1.22. The molecular formula is C9H9ClO3. The summed E-state index contributed by atoms with van der Waals surface area (Å²) >= 11 is 5.35. The van der Waals surface area contributed by atoms with Crippen LogP contribution in [-0.4, -0.2) is 23.9 Å². The summed E-state index contributed by atoms with van der Waals surface area (Å²) in [6, 6.07) is 4.70. The SMILES string of the molecule is COc1cccc(C(=O)CCl)c1O. The first-order chi connectivity index (χ1) is 6.20. The van der Waals surface area contributed by atoms with Crippen LogP contribution in [0.3, 0.4) is 0 Å². The number of rotatable bonds is 3. The first-order valence-corrected chi connectivity index (χ1v) is 4.19. The van der Waals surface area contributed by atoms with Gasteiger partial charge in [-0.25, -0.2) is 0 Å². The van der Waals surface area contributed by atoms with Crippen molar-refractivity contribution >= 4 is 17.4 Å². The lowest BCUT2D eigenvalue weighted by Gasteiger charge is -2.05. The molecule has 3 nitrogen and oxygen atoms in total. The molecule has 1 N–H and O–H groups in total. The Labute approximate surface area is 80.9 Å². The van der Waals surface area contributed by atoms with Gasteiger partial charge in [-0.2, -0.15) is 0 Å². The molecule has 0 aromatic heterocycles. The molecule has 0 aliphatic heterocycles. The molecule has 0 heterocycles. The van der Waals surface area contributed by atoms with Crippen LogP contribution >= 0.6 is 11.6 Å². The summed E-state index contributed by atoms with van der Waals surface area (Å²) < 4.78 is 4.83. The highest BCUT2D eigenvalue weighted by Gasteiger charge is 2.12. The molecular weight excluding hydrogens is 192 g/mol. The molecule has 0 saturated carbocycles. The number of alkyl halides is 1. The number of methoxy groups -OCH3 is 1. The molecule has 0 atom stereocenters. The van der Waals surface area contributed by atoms with E-state index < -0.39 is 0 Å². The number of phenolic OH excluding ortho intramolecular Hbond substituents is 1. The number of ketones is 1. The normalized spacial score (nSPS) is 9.69. The molecule has 0 radical (unpaired) electrons. The van der Waals surface area contributed by atoms with Gasteiger partial charge in [-0.1, -0.05) is 6.07 Å². The molecule has 1 rings (SSSR count). The summed E-state index contributed by atoms with van der Waals surface area (Å²) in [6.07, 6.45) is 0. The number of carbonyl (C=O) groups is 1. The third kappa shape index (κ3) is 1.92. The van der Waals surface area contributed by atoms with E-state index >= 15 is 0 Å². The highest BCUT2D eigenvalue weighted by Crippen LogP contribution is 2.29. The van der Waals surface area contributed by atoms with Crippen LogP contribution in [0.15, 0.2) is 18.2 Å². The van der Waals surface area contributed by atoms with Gasteiger partial charge in [-0.15, -0.1) is 11.6 Å². The molecule has 0 spiro atoms. The van der Waals surface area contributed by atoms with Crippen LogP contribution in [0.4, 0.5) is 0 Å². The number of phenols is 1. The summed E-state index contributed by atoms with van der Waals surface area (Å²) in [4.78, 5) is 11.2. The van der Waals surface area contributed by atoms with Crippen molar-refractivity contribution in [1.82, 2.24) is 0 Å². The highest BCUT2D eigenvalue weighted by atomic mass is 35.5. The summed E-state index contributed by atoms with van der Waals surface area (Å²) in [6.45, 7) is 0.